The van der Waals surface area contributed by atoms with Crippen LogP contribution in [0.2, 0.25) is 0 Å². The first-order valence-electron chi connectivity index (χ1n) is 8.52. The fraction of sp³-hybridized carbons (Fsp3) is 0.684. The Morgan fingerprint density at radius 3 is 2.39 bits per heavy atom. The van der Waals surface area contributed by atoms with E-state index in [1.165, 1.54) is 37.0 Å². The van der Waals surface area contributed by atoms with Gasteiger partial charge in [-0.15, -0.1) is 0 Å². The Bertz CT molecular complexity index is 534. The van der Waals surface area contributed by atoms with Gasteiger partial charge in [0.15, 0.2) is 11.5 Å². The van der Waals surface area contributed by atoms with Gasteiger partial charge in [-0.1, -0.05) is 29.8 Å². The number of halogens is 1. The van der Waals surface area contributed by atoms with Crippen LogP contribution in [0, 0.1) is 5.92 Å². The molecule has 1 heterocycles. The molecule has 1 aromatic rings. The second-order valence-electron chi connectivity index (χ2n) is 6.93. The molecule has 0 N–H and O–H groups in total. The number of rotatable bonds is 7. The van der Waals surface area contributed by atoms with Crippen molar-refractivity contribution in [2.75, 3.05) is 31.6 Å². The molecule has 0 fully saturated rings. The number of hydrogen-bond donors (Lipinski definition) is 0. The van der Waals surface area contributed by atoms with Gasteiger partial charge in [0.25, 0.3) is 0 Å². The van der Waals surface area contributed by atoms with Crippen LogP contribution in [0.5, 0.6) is 11.5 Å². The number of methoxy groups -OCH3 is 2. The molecule has 3 unspecified atom stereocenters. The smallest absolute Gasteiger partial charge is 0.161 e. The zero-order valence-corrected chi connectivity index (χ0v) is 17.6. The predicted octanol–water partition coefficient (Wildman–Crippen LogP) is 5.64. The average molecular weight is 403 g/mol. The highest BCUT2D eigenvalue weighted by Crippen LogP contribution is 2.63. The Balaban J connectivity index is 2.31. The van der Waals surface area contributed by atoms with Gasteiger partial charge in [-0.05, 0) is 71.5 Å². The summed E-state index contributed by atoms with van der Waals surface area (Å²) in [6, 6.07) is 4.49. The first kappa shape index (κ1) is 19.0. The van der Waals surface area contributed by atoms with Crippen molar-refractivity contribution in [2.24, 2.45) is 5.92 Å². The Labute approximate surface area is 151 Å². The van der Waals surface area contributed by atoms with Crippen molar-refractivity contribution < 1.29 is 9.47 Å². The minimum Gasteiger partial charge on any atom is -0.493 e. The lowest BCUT2D eigenvalue weighted by molar-refractivity contribution is 0.353. The summed E-state index contributed by atoms with van der Waals surface area (Å²) in [7, 11) is 2.67. The standard InChI is InChI=1S/C19H31BrO2S/c1-14(13-20)8-9-15(2)23(5)10-6-7-16-11-17(21-3)18(22-4)12-19(16)23/h11-12,14-15H,6-10,13H2,1-5H3. The van der Waals surface area contributed by atoms with E-state index in [-0.39, 0.29) is 0 Å². The molecular formula is C19H31BrO2S. The van der Waals surface area contributed by atoms with E-state index >= 15 is 0 Å². The number of aryl methyl sites for hydroxylation is 1. The lowest BCUT2D eigenvalue weighted by atomic mass is 10.1. The Hall–Kier alpha value is -0.350. The van der Waals surface area contributed by atoms with Crippen LogP contribution in [0.1, 0.15) is 38.7 Å². The van der Waals surface area contributed by atoms with Gasteiger partial charge in [-0.2, -0.15) is 0 Å². The van der Waals surface area contributed by atoms with E-state index in [1.54, 1.807) is 19.1 Å². The summed E-state index contributed by atoms with van der Waals surface area (Å²) >= 11 is 3.61. The SMILES string of the molecule is COc1cc2c(cc1OC)S(C)(C(C)CCC(C)CBr)CCC2. The predicted molar refractivity (Wildman–Crippen MR) is 106 cm³/mol. The third-order valence-corrected chi connectivity index (χ3v) is 10.9. The summed E-state index contributed by atoms with van der Waals surface area (Å²) < 4.78 is 11.1. The molecule has 0 spiro atoms. The third-order valence-electron chi connectivity index (χ3n) is 5.30. The summed E-state index contributed by atoms with van der Waals surface area (Å²) in [5, 5.41) is 1.86. The van der Waals surface area contributed by atoms with Gasteiger partial charge in [0, 0.05) is 5.33 Å². The fourth-order valence-corrected chi connectivity index (χ4v) is 7.39. The number of hydrogen-bond acceptors (Lipinski definition) is 2. The highest BCUT2D eigenvalue weighted by atomic mass is 79.9. The molecule has 132 valence electrons. The van der Waals surface area contributed by atoms with Crippen molar-refractivity contribution >= 4 is 26.0 Å². The summed E-state index contributed by atoms with van der Waals surface area (Å²) in [4.78, 5) is 1.56. The maximum Gasteiger partial charge on any atom is 0.161 e. The van der Waals surface area contributed by atoms with Gasteiger partial charge < -0.3 is 9.47 Å². The second kappa shape index (κ2) is 8.15. The van der Waals surface area contributed by atoms with Crippen LogP contribution in [-0.2, 0) is 6.42 Å². The van der Waals surface area contributed by atoms with Crippen LogP contribution in [0.25, 0.3) is 0 Å². The zero-order chi connectivity index (χ0) is 17.0. The molecule has 1 aromatic carbocycles. The van der Waals surface area contributed by atoms with Crippen molar-refractivity contribution in [3.05, 3.63) is 17.7 Å². The lowest BCUT2D eigenvalue weighted by Gasteiger charge is -2.47. The van der Waals surface area contributed by atoms with Crippen LogP contribution >= 0.6 is 26.0 Å². The molecule has 0 aliphatic carbocycles. The van der Waals surface area contributed by atoms with E-state index in [0.29, 0.717) is 0 Å². The monoisotopic (exact) mass is 402 g/mol. The van der Waals surface area contributed by atoms with Crippen molar-refractivity contribution in [2.45, 2.75) is 49.7 Å². The van der Waals surface area contributed by atoms with E-state index < -0.39 is 10.0 Å². The van der Waals surface area contributed by atoms with Crippen molar-refractivity contribution in [3.8, 4) is 11.5 Å². The Kier molecular flexibility index (Phi) is 6.73. The molecule has 0 amide bonds. The van der Waals surface area contributed by atoms with Crippen LogP contribution < -0.4 is 9.47 Å². The van der Waals surface area contributed by atoms with Gasteiger partial charge in [0.1, 0.15) is 0 Å². The molecule has 0 aromatic heterocycles. The maximum atomic E-state index is 5.57. The molecule has 1 aliphatic rings. The highest BCUT2D eigenvalue weighted by molar-refractivity contribution is 9.09. The summed E-state index contributed by atoms with van der Waals surface area (Å²) in [6.45, 7) is 4.80. The Morgan fingerprint density at radius 2 is 1.78 bits per heavy atom. The second-order valence-corrected chi connectivity index (χ2v) is 11.5. The molecule has 23 heavy (non-hydrogen) atoms. The minimum atomic E-state index is -0.791. The lowest BCUT2D eigenvalue weighted by Crippen LogP contribution is -2.23. The van der Waals surface area contributed by atoms with Crippen LogP contribution in [0.4, 0.5) is 0 Å². The minimum absolute atomic E-state index is 0.751. The van der Waals surface area contributed by atoms with Gasteiger partial charge in [0.05, 0.1) is 14.2 Å². The number of alkyl halides is 1. The first-order valence-corrected chi connectivity index (χ1v) is 11.9. The van der Waals surface area contributed by atoms with E-state index in [4.69, 9.17) is 9.47 Å². The molecule has 0 saturated carbocycles. The largest absolute Gasteiger partial charge is 0.493 e. The molecule has 4 heteroatoms. The molecule has 2 nitrogen and oxygen atoms in total. The summed E-state index contributed by atoms with van der Waals surface area (Å²) in [5.41, 5.74) is 1.48. The fourth-order valence-electron chi connectivity index (χ4n) is 3.48. The quantitative estimate of drug-likeness (QED) is 0.549. The topological polar surface area (TPSA) is 18.5 Å². The molecule has 0 bridgehead atoms. The normalized spacial score (nSPS) is 25.8. The molecular weight excluding hydrogens is 372 g/mol. The summed E-state index contributed by atoms with van der Waals surface area (Å²) in [6.07, 6.45) is 7.61. The zero-order valence-electron chi connectivity index (χ0n) is 15.2. The van der Waals surface area contributed by atoms with Gasteiger partial charge in [0.2, 0.25) is 0 Å². The van der Waals surface area contributed by atoms with E-state index in [2.05, 4.69) is 48.2 Å². The van der Waals surface area contributed by atoms with Gasteiger partial charge in [-0.3, -0.25) is 0 Å². The van der Waals surface area contributed by atoms with Gasteiger partial charge in [-0.25, -0.2) is 10.0 Å². The van der Waals surface area contributed by atoms with E-state index in [9.17, 15) is 0 Å². The van der Waals surface area contributed by atoms with Crippen LogP contribution in [0.3, 0.4) is 0 Å². The average Bonchev–Trinajstić information content (AvgIpc) is 2.58. The Morgan fingerprint density at radius 1 is 1.13 bits per heavy atom. The molecule has 3 atom stereocenters. The third kappa shape index (κ3) is 4.01. The first-order chi connectivity index (χ1) is 11.0. The van der Waals surface area contributed by atoms with Crippen LogP contribution in [-0.4, -0.2) is 36.8 Å². The molecule has 0 saturated heterocycles. The van der Waals surface area contributed by atoms with Gasteiger partial charge >= 0.3 is 0 Å². The summed E-state index contributed by atoms with van der Waals surface area (Å²) in [5.74, 6) is 3.86. The van der Waals surface area contributed by atoms with Crippen molar-refractivity contribution in [1.29, 1.82) is 0 Å². The molecule has 1 aliphatic heterocycles. The molecule has 2 rings (SSSR count). The van der Waals surface area contributed by atoms with Crippen molar-refractivity contribution in [3.63, 3.8) is 0 Å². The van der Waals surface area contributed by atoms with Crippen molar-refractivity contribution in [1.82, 2.24) is 0 Å². The van der Waals surface area contributed by atoms with E-state index in [1.807, 2.05) is 0 Å². The number of ether oxygens (including phenoxy) is 2. The number of benzene rings is 1. The number of fused-ring (bicyclic) bond motifs is 1. The van der Waals surface area contributed by atoms with E-state index in [0.717, 1.165) is 28.0 Å². The van der Waals surface area contributed by atoms with Crippen LogP contribution in [0.15, 0.2) is 17.0 Å². The highest BCUT2D eigenvalue weighted by Gasteiger charge is 2.33. The maximum absolute atomic E-state index is 5.57. The molecule has 0 radical (unpaired) electrons.